The first-order chi connectivity index (χ1) is 6.56. The maximum atomic E-state index is 10.9. The van der Waals surface area contributed by atoms with Crippen LogP contribution in [0.1, 0.15) is 29.9 Å². The molecule has 0 bridgehead atoms. The molecular weight excluding hydrogens is 180 g/mol. The van der Waals surface area contributed by atoms with Crippen molar-refractivity contribution >= 4 is 11.6 Å². The molecule has 0 aliphatic carbocycles. The van der Waals surface area contributed by atoms with Gasteiger partial charge in [-0.15, -0.1) is 6.58 Å². The lowest BCUT2D eigenvalue weighted by Crippen LogP contribution is -2.14. The highest BCUT2D eigenvalue weighted by Crippen LogP contribution is 2.15. The Bertz CT molecular complexity index is 356. The zero-order valence-corrected chi connectivity index (χ0v) is 8.10. The molecule has 76 valence electrons. The minimum Gasteiger partial charge on any atom is -0.396 e. The number of nitrogens with two attached hydrogens (primary N) is 2. The van der Waals surface area contributed by atoms with Crippen LogP contribution in [-0.4, -0.2) is 15.7 Å². The highest BCUT2D eigenvalue weighted by atomic mass is 16.1. The Labute approximate surface area is 82.4 Å². The van der Waals surface area contributed by atoms with Crippen molar-refractivity contribution in [2.75, 3.05) is 5.73 Å². The predicted molar refractivity (Wildman–Crippen MR) is 54.7 cm³/mol. The Balaban J connectivity index is 2.95. The van der Waals surface area contributed by atoms with Crippen molar-refractivity contribution in [3.8, 4) is 0 Å². The molecule has 0 aliphatic heterocycles. The summed E-state index contributed by atoms with van der Waals surface area (Å²) < 4.78 is 1.62. The van der Waals surface area contributed by atoms with E-state index in [2.05, 4.69) is 11.7 Å². The number of nitrogens with zero attached hydrogens (tertiary/aromatic N) is 2. The second-order valence-corrected chi connectivity index (χ2v) is 3.15. The number of hydrogen-bond acceptors (Lipinski definition) is 3. The summed E-state index contributed by atoms with van der Waals surface area (Å²) >= 11 is 0. The van der Waals surface area contributed by atoms with Crippen molar-refractivity contribution in [3.63, 3.8) is 0 Å². The fourth-order valence-electron chi connectivity index (χ4n) is 1.17. The van der Waals surface area contributed by atoms with Gasteiger partial charge in [-0.2, -0.15) is 5.10 Å². The predicted octanol–water partition coefficient (Wildman–Crippen LogP) is 0.701. The van der Waals surface area contributed by atoms with E-state index in [1.165, 1.54) is 0 Å². The van der Waals surface area contributed by atoms with Gasteiger partial charge in [-0.05, 0) is 13.3 Å². The van der Waals surface area contributed by atoms with Crippen molar-refractivity contribution in [1.82, 2.24) is 9.78 Å². The molecule has 0 aromatic carbocycles. The Morgan fingerprint density at radius 2 is 2.50 bits per heavy atom. The van der Waals surface area contributed by atoms with Crippen LogP contribution in [0.25, 0.3) is 0 Å². The second-order valence-electron chi connectivity index (χ2n) is 3.15. The molecule has 0 spiro atoms. The topological polar surface area (TPSA) is 86.9 Å². The summed E-state index contributed by atoms with van der Waals surface area (Å²) in [7, 11) is 0. The summed E-state index contributed by atoms with van der Waals surface area (Å²) in [6, 6.07) is 0.128. The first-order valence-electron chi connectivity index (χ1n) is 4.31. The van der Waals surface area contributed by atoms with Gasteiger partial charge < -0.3 is 11.5 Å². The van der Waals surface area contributed by atoms with Gasteiger partial charge in [0.2, 0.25) is 0 Å². The number of nitrogen functional groups attached to an aromatic ring is 1. The zero-order chi connectivity index (χ0) is 10.7. The van der Waals surface area contributed by atoms with Crippen LogP contribution in [0.3, 0.4) is 0 Å². The second kappa shape index (κ2) is 3.95. The zero-order valence-electron chi connectivity index (χ0n) is 8.10. The maximum absolute atomic E-state index is 10.9. The van der Waals surface area contributed by atoms with Crippen LogP contribution >= 0.6 is 0 Å². The van der Waals surface area contributed by atoms with Crippen LogP contribution in [0.4, 0.5) is 5.69 Å². The van der Waals surface area contributed by atoms with Crippen LogP contribution in [-0.2, 0) is 0 Å². The molecule has 1 rings (SSSR count). The molecule has 1 aromatic heterocycles. The number of anilines is 1. The van der Waals surface area contributed by atoms with Crippen molar-refractivity contribution < 1.29 is 4.79 Å². The van der Waals surface area contributed by atoms with Gasteiger partial charge in [-0.1, -0.05) is 6.08 Å². The molecule has 5 heteroatoms. The number of aromatic nitrogens is 2. The van der Waals surface area contributed by atoms with Gasteiger partial charge >= 0.3 is 0 Å². The number of amides is 1. The standard InChI is InChI=1S/C9H14N4O/c1-3-4-6(2)13-5-7(10)8(12-13)9(11)14/h3,5-6H,1,4,10H2,2H3,(H2,11,14). The molecule has 1 atom stereocenters. The third-order valence-electron chi connectivity index (χ3n) is 1.95. The number of hydrogen-bond donors (Lipinski definition) is 2. The van der Waals surface area contributed by atoms with Crippen LogP contribution in [0, 0.1) is 0 Å². The molecular formula is C9H14N4O. The number of primary amides is 1. The molecule has 0 aliphatic rings. The smallest absolute Gasteiger partial charge is 0.271 e. The average molecular weight is 194 g/mol. The molecule has 0 saturated carbocycles. The minimum absolute atomic E-state index is 0.126. The van der Waals surface area contributed by atoms with Crippen molar-refractivity contribution in [1.29, 1.82) is 0 Å². The highest BCUT2D eigenvalue weighted by molar-refractivity contribution is 5.95. The Kier molecular flexibility index (Phi) is 2.91. The van der Waals surface area contributed by atoms with Gasteiger partial charge in [0.1, 0.15) is 0 Å². The minimum atomic E-state index is -0.605. The van der Waals surface area contributed by atoms with Crippen molar-refractivity contribution in [2.45, 2.75) is 19.4 Å². The van der Waals surface area contributed by atoms with Crippen LogP contribution < -0.4 is 11.5 Å². The number of rotatable bonds is 4. The van der Waals surface area contributed by atoms with E-state index in [9.17, 15) is 4.79 Å². The fourth-order valence-corrected chi connectivity index (χ4v) is 1.17. The summed E-state index contributed by atoms with van der Waals surface area (Å²) in [6.45, 7) is 5.58. The third kappa shape index (κ3) is 1.93. The molecule has 4 N–H and O–H groups in total. The lowest BCUT2D eigenvalue weighted by atomic mass is 10.2. The van der Waals surface area contributed by atoms with E-state index >= 15 is 0 Å². The summed E-state index contributed by atoms with van der Waals surface area (Å²) in [5.41, 5.74) is 11.1. The van der Waals surface area contributed by atoms with E-state index in [0.29, 0.717) is 5.69 Å². The van der Waals surface area contributed by atoms with Crippen LogP contribution in [0.15, 0.2) is 18.9 Å². The first-order valence-corrected chi connectivity index (χ1v) is 4.31. The quantitative estimate of drug-likeness (QED) is 0.692. The maximum Gasteiger partial charge on any atom is 0.271 e. The molecule has 1 unspecified atom stereocenters. The van der Waals surface area contributed by atoms with Gasteiger partial charge in [0.15, 0.2) is 5.69 Å². The summed E-state index contributed by atoms with van der Waals surface area (Å²) in [5.74, 6) is -0.605. The Morgan fingerprint density at radius 1 is 1.86 bits per heavy atom. The van der Waals surface area contributed by atoms with E-state index in [1.54, 1.807) is 17.0 Å². The number of carbonyl (C=O) groups excluding carboxylic acids is 1. The lowest BCUT2D eigenvalue weighted by Gasteiger charge is -2.07. The van der Waals surface area contributed by atoms with E-state index in [-0.39, 0.29) is 11.7 Å². The highest BCUT2D eigenvalue weighted by Gasteiger charge is 2.13. The van der Waals surface area contributed by atoms with E-state index in [4.69, 9.17) is 11.5 Å². The molecule has 14 heavy (non-hydrogen) atoms. The van der Waals surface area contributed by atoms with Gasteiger partial charge in [0.05, 0.1) is 11.7 Å². The molecule has 1 heterocycles. The molecule has 0 radical (unpaired) electrons. The summed E-state index contributed by atoms with van der Waals surface area (Å²) in [6.07, 6.45) is 4.15. The SMILES string of the molecule is C=CCC(C)n1cc(N)c(C(N)=O)n1. The third-order valence-corrected chi connectivity index (χ3v) is 1.95. The number of allylic oxidation sites excluding steroid dienone is 1. The molecule has 0 saturated heterocycles. The van der Waals surface area contributed by atoms with Gasteiger partial charge in [-0.25, -0.2) is 0 Å². The normalized spacial score (nSPS) is 12.4. The lowest BCUT2D eigenvalue weighted by molar-refractivity contribution is 0.0995. The number of carbonyl (C=O) groups is 1. The largest absolute Gasteiger partial charge is 0.396 e. The Morgan fingerprint density at radius 3 is 2.93 bits per heavy atom. The van der Waals surface area contributed by atoms with E-state index < -0.39 is 5.91 Å². The molecule has 5 nitrogen and oxygen atoms in total. The average Bonchev–Trinajstić information content (AvgIpc) is 2.48. The van der Waals surface area contributed by atoms with Gasteiger partial charge in [0, 0.05) is 6.20 Å². The van der Waals surface area contributed by atoms with Gasteiger partial charge in [0.25, 0.3) is 5.91 Å². The van der Waals surface area contributed by atoms with Gasteiger partial charge in [-0.3, -0.25) is 9.48 Å². The first kappa shape index (κ1) is 10.3. The van der Waals surface area contributed by atoms with Crippen molar-refractivity contribution in [2.24, 2.45) is 5.73 Å². The summed E-state index contributed by atoms with van der Waals surface area (Å²) in [4.78, 5) is 10.9. The Hall–Kier alpha value is -1.78. The molecule has 1 aromatic rings. The van der Waals surface area contributed by atoms with Crippen LogP contribution in [0.5, 0.6) is 0 Å². The van der Waals surface area contributed by atoms with E-state index in [1.807, 2.05) is 6.92 Å². The summed E-state index contributed by atoms with van der Waals surface area (Å²) in [5, 5.41) is 4.00. The van der Waals surface area contributed by atoms with E-state index in [0.717, 1.165) is 6.42 Å². The fraction of sp³-hybridized carbons (Fsp3) is 0.333. The molecule has 1 amide bonds. The monoisotopic (exact) mass is 194 g/mol. The van der Waals surface area contributed by atoms with Crippen LogP contribution in [0.2, 0.25) is 0 Å². The van der Waals surface area contributed by atoms with Crippen molar-refractivity contribution in [3.05, 3.63) is 24.5 Å². The molecule has 0 fully saturated rings.